The highest BCUT2D eigenvalue weighted by Gasteiger charge is 2.81. The highest BCUT2D eigenvalue weighted by Crippen LogP contribution is 2.72. The average molecular weight is 605 g/mol. The summed E-state index contributed by atoms with van der Waals surface area (Å²) in [5, 5.41) is 0. The Kier molecular flexibility index (Phi) is 6.14. The molecule has 8 nitrogen and oxygen atoms in total. The first-order valence-electron chi connectivity index (χ1n) is 13.4. The molecule has 2 heterocycles. The van der Waals surface area contributed by atoms with Gasteiger partial charge in [0.15, 0.2) is 0 Å². The Morgan fingerprint density at radius 1 is 0.775 bits per heavy atom. The number of hydrogen-bond acceptors (Lipinski definition) is 6. The number of likely N-dealkylation sites (tertiary alicyclic amines) is 2. The Bertz CT molecular complexity index is 1400. The van der Waals surface area contributed by atoms with E-state index in [4.69, 9.17) is 4.74 Å². The zero-order chi connectivity index (χ0) is 28.6. The summed E-state index contributed by atoms with van der Waals surface area (Å²) >= 11 is 3.79. The number of alkyl halides is 1. The molecule has 2 aromatic carbocycles. The fourth-order valence-electron chi connectivity index (χ4n) is 7.69. The average Bonchev–Trinajstić information content (AvgIpc) is 3.35. The highest BCUT2D eigenvalue weighted by molar-refractivity contribution is 9.10. The van der Waals surface area contributed by atoms with Crippen molar-refractivity contribution in [1.29, 1.82) is 0 Å². The molecule has 2 unspecified atom stereocenters. The molecule has 2 bridgehead atoms. The van der Waals surface area contributed by atoms with Gasteiger partial charge in [-0.15, -0.1) is 0 Å². The van der Waals surface area contributed by atoms with Gasteiger partial charge in [0.2, 0.25) is 23.6 Å². The molecule has 0 N–H and O–H groups in total. The predicted molar refractivity (Wildman–Crippen MR) is 147 cm³/mol. The van der Waals surface area contributed by atoms with E-state index in [1.54, 1.807) is 20.8 Å². The van der Waals surface area contributed by atoms with Crippen LogP contribution in [0.5, 0.6) is 0 Å². The maximum absolute atomic E-state index is 14.2. The van der Waals surface area contributed by atoms with Crippen molar-refractivity contribution in [3.63, 3.8) is 0 Å². The summed E-state index contributed by atoms with van der Waals surface area (Å²) in [5.74, 6) is -6.29. The minimum atomic E-state index is -1.42. The van der Waals surface area contributed by atoms with E-state index in [9.17, 15) is 24.0 Å². The number of esters is 1. The van der Waals surface area contributed by atoms with E-state index in [0.717, 1.165) is 11.1 Å². The minimum Gasteiger partial charge on any atom is -0.463 e. The molecule has 0 aromatic heterocycles. The van der Waals surface area contributed by atoms with Crippen LogP contribution in [0, 0.1) is 29.1 Å². The Morgan fingerprint density at radius 2 is 1.18 bits per heavy atom. The van der Waals surface area contributed by atoms with Crippen LogP contribution in [-0.4, -0.2) is 50.3 Å². The monoisotopic (exact) mass is 604 g/mol. The second-order valence-corrected chi connectivity index (χ2v) is 12.5. The van der Waals surface area contributed by atoms with E-state index in [0.29, 0.717) is 5.57 Å². The fraction of sp³-hybridized carbons (Fsp3) is 0.387. The van der Waals surface area contributed by atoms with Gasteiger partial charge in [0.05, 0.1) is 47.7 Å². The number of allylic oxidation sites excluding steroid dienone is 1. The molecule has 6 atom stereocenters. The number of nitrogens with zero attached hydrogens (tertiary/aromatic N) is 2. The molecule has 206 valence electrons. The van der Waals surface area contributed by atoms with E-state index >= 15 is 0 Å². The fourth-order valence-corrected chi connectivity index (χ4v) is 8.81. The molecule has 0 spiro atoms. The zero-order valence-corrected chi connectivity index (χ0v) is 24.0. The molecule has 1 saturated carbocycles. The molecule has 7 rings (SSSR count). The molecule has 3 fully saturated rings. The van der Waals surface area contributed by atoms with Crippen LogP contribution in [0.15, 0.2) is 71.8 Å². The van der Waals surface area contributed by atoms with Gasteiger partial charge in [-0.25, -0.2) is 4.79 Å². The second kappa shape index (κ2) is 9.23. The van der Waals surface area contributed by atoms with Gasteiger partial charge < -0.3 is 4.74 Å². The van der Waals surface area contributed by atoms with E-state index in [-0.39, 0.29) is 25.3 Å². The summed E-state index contributed by atoms with van der Waals surface area (Å²) in [6.45, 7) is 5.32. The van der Waals surface area contributed by atoms with Crippen LogP contribution < -0.4 is 0 Å². The lowest BCUT2D eigenvalue weighted by Gasteiger charge is -2.59. The third-order valence-electron chi connectivity index (χ3n) is 9.33. The normalized spacial score (nSPS) is 32.6. The molecule has 2 aromatic rings. The summed E-state index contributed by atoms with van der Waals surface area (Å²) in [5.41, 5.74) is 0.819. The molecule has 40 heavy (non-hydrogen) atoms. The molecule has 4 amide bonds. The van der Waals surface area contributed by atoms with Crippen molar-refractivity contribution in [3.05, 3.63) is 82.9 Å². The van der Waals surface area contributed by atoms with Crippen LogP contribution >= 0.6 is 15.9 Å². The minimum absolute atomic E-state index is 0.0653. The van der Waals surface area contributed by atoms with E-state index in [1.807, 2.05) is 60.7 Å². The van der Waals surface area contributed by atoms with Gasteiger partial charge in [0, 0.05) is 11.0 Å². The highest BCUT2D eigenvalue weighted by atomic mass is 79.9. The maximum atomic E-state index is 14.2. The van der Waals surface area contributed by atoms with Crippen molar-refractivity contribution in [2.24, 2.45) is 29.1 Å². The van der Waals surface area contributed by atoms with Crippen molar-refractivity contribution >= 4 is 45.5 Å². The van der Waals surface area contributed by atoms with Crippen LogP contribution in [0.2, 0.25) is 0 Å². The first-order valence-corrected chi connectivity index (χ1v) is 14.2. The Morgan fingerprint density at radius 3 is 1.57 bits per heavy atom. The van der Waals surface area contributed by atoms with Crippen LogP contribution in [0.1, 0.15) is 31.9 Å². The molecular formula is C31H29BrN2O6. The first kappa shape index (κ1) is 26.6. The molecule has 9 heteroatoms. The van der Waals surface area contributed by atoms with Gasteiger partial charge in [-0.2, -0.15) is 0 Å². The van der Waals surface area contributed by atoms with Gasteiger partial charge >= 0.3 is 5.97 Å². The third kappa shape index (κ3) is 3.33. The number of ether oxygens (including phenoxy) is 1. The number of imide groups is 2. The van der Waals surface area contributed by atoms with Crippen molar-refractivity contribution in [2.75, 3.05) is 6.61 Å². The van der Waals surface area contributed by atoms with Crippen molar-refractivity contribution in [2.45, 2.75) is 38.2 Å². The maximum Gasteiger partial charge on any atom is 0.334 e. The smallest absolute Gasteiger partial charge is 0.334 e. The molecule has 2 aliphatic heterocycles. The van der Waals surface area contributed by atoms with Gasteiger partial charge in [-0.05, 0) is 30.5 Å². The van der Waals surface area contributed by atoms with Crippen molar-refractivity contribution in [1.82, 2.24) is 9.80 Å². The molecule has 5 aliphatic rings. The largest absolute Gasteiger partial charge is 0.463 e. The van der Waals surface area contributed by atoms with Crippen LogP contribution in [0.25, 0.3) is 0 Å². The number of benzene rings is 2. The SMILES string of the molecule is CCOC(=O)C1=C(C)C2(Br)[C@@H]3C(=O)N(Cc4ccccc4)C(=O)[C@H]3C1(C)[C@H]1C(=O)N(Cc3ccccc3)C(=O)[C@H]12. The molecule has 0 radical (unpaired) electrons. The van der Waals surface area contributed by atoms with Crippen molar-refractivity contribution in [3.8, 4) is 0 Å². The lowest BCUT2D eigenvalue weighted by molar-refractivity contribution is -0.152. The first-order chi connectivity index (χ1) is 19.1. The summed E-state index contributed by atoms with van der Waals surface area (Å²) in [4.78, 5) is 72.5. The lowest BCUT2D eigenvalue weighted by Crippen LogP contribution is -2.67. The van der Waals surface area contributed by atoms with Crippen molar-refractivity contribution < 1.29 is 28.7 Å². The predicted octanol–water partition coefficient (Wildman–Crippen LogP) is 3.64. The third-order valence-corrected chi connectivity index (χ3v) is 10.9. The van der Waals surface area contributed by atoms with E-state index in [2.05, 4.69) is 15.9 Å². The van der Waals surface area contributed by atoms with Gasteiger partial charge in [-0.1, -0.05) is 83.5 Å². The second-order valence-electron chi connectivity index (χ2n) is 11.2. The number of rotatable bonds is 6. The van der Waals surface area contributed by atoms with Crippen LogP contribution in [-0.2, 0) is 41.8 Å². The molecular weight excluding hydrogens is 576 g/mol. The Hall–Kier alpha value is -3.59. The van der Waals surface area contributed by atoms with Gasteiger partial charge in [0.1, 0.15) is 0 Å². The topological polar surface area (TPSA) is 101 Å². The molecule has 2 saturated heterocycles. The summed E-state index contributed by atoms with van der Waals surface area (Å²) in [6.07, 6.45) is 0. The van der Waals surface area contributed by atoms with Crippen LogP contribution in [0.3, 0.4) is 0 Å². The zero-order valence-electron chi connectivity index (χ0n) is 22.4. The number of hydrogen-bond donors (Lipinski definition) is 0. The van der Waals surface area contributed by atoms with E-state index in [1.165, 1.54) is 9.80 Å². The number of amides is 4. The summed E-state index contributed by atoms with van der Waals surface area (Å²) < 4.78 is 4.04. The van der Waals surface area contributed by atoms with Gasteiger partial charge in [-0.3, -0.25) is 29.0 Å². The Balaban J connectivity index is 1.51. The lowest BCUT2D eigenvalue weighted by atomic mass is 9.43. The summed E-state index contributed by atoms with van der Waals surface area (Å²) in [7, 11) is 0. The van der Waals surface area contributed by atoms with Crippen LogP contribution in [0.4, 0.5) is 0 Å². The summed E-state index contributed by atoms with van der Waals surface area (Å²) in [6, 6.07) is 18.4. The quantitative estimate of drug-likeness (QED) is 0.283. The number of halogens is 1. The standard InChI is InChI=1S/C31H29BrN2O6/c1-4-40-29(39)20-17(2)31(32)23-21(25(35)33(27(23)37)15-18-11-7-5-8-12-18)30(20,3)22-24(31)28(38)34(26(22)36)16-19-13-9-6-10-14-19/h5-14,21-24H,4,15-16H2,1-3H3/t21-,22+,23-,24-,30?,31?/m0/s1. The van der Waals surface area contributed by atoms with E-state index < -0.39 is 63.0 Å². The Labute approximate surface area is 240 Å². The number of carbonyl (C=O) groups excluding carboxylic acids is 5. The van der Waals surface area contributed by atoms with Gasteiger partial charge in [0.25, 0.3) is 0 Å². The molecule has 3 aliphatic carbocycles. The number of carbonyl (C=O) groups is 5.